The van der Waals surface area contributed by atoms with Crippen LogP contribution in [0.4, 0.5) is 18.9 Å². The van der Waals surface area contributed by atoms with E-state index < -0.39 is 17.6 Å². The number of carbonyl (C=O) groups excluding carboxylic acids is 1. The first-order valence-electron chi connectivity index (χ1n) is 9.52. The number of benzene rings is 2. The molecule has 0 saturated heterocycles. The van der Waals surface area contributed by atoms with E-state index in [9.17, 15) is 18.0 Å². The number of nitrogens with zero attached hydrogens (tertiary/aromatic N) is 1. The number of hydrogen-bond acceptors (Lipinski definition) is 4. The number of hydrogen-bond donors (Lipinski definition) is 0. The lowest BCUT2D eigenvalue weighted by Crippen LogP contribution is -2.40. The summed E-state index contributed by atoms with van der Waals surface area (Å²) in [5, 5.41) is 0. The van der Waals surface area contributed by atoms with Crippen molar-refractivity contribution in [2.45, 2.75) is 32.0 Å². The first kappa shape index (κ1) is 21.8. The molecule has 1 aliphatic rings. The number of rotatable bonds is 7. The van der Waals surface area contributed by atoms with E-state index in [0.717, 1.165) is 25.0 Å². The van der Waals surface area contributed by atoms with Crippen LogP contribution < -0.4 is 19.1 Å². The smallest absolute Gasteiger partial charge is 0.416 e. The second-order valence-electron chi connectivity index (χ2n) is 7.21. The van der Waals surface area contributed by atoms with Crippen LogP contribution in [0.3, 0.4) is 0 Å². The van der Waals surface area contributed by atoms with Gasteiger partial charge in [0.1, 0.15) is 5.75 Å². The van der Waals surface area contributed by atoms with Crippen molar-refractivity contribution in [1.82, 2.24) is 0 Å². The molecular formula is C22H24F3NO4. The number of methoxy groups -OCH3 is 3. The number of halogens is 3. The minimum absolute atomic E-state index is 0.181. The highest BCUT2D eigenvalue weighted by molar-refractivity contribution is 6.08. The summed E-state index contributed by atoms with van der Waals surface area (Å²) in [5.74, 6) is 0.718. The standard InChI is InChI=1S/C22H24F3NO4/c1-13(14-8-9-14)26(16-7-5-6-15(10-16)22(23,24)25)21(27)17-11-19(29-3)20(30-4)12-18(17)28-2/h5-7,10-14H,8-9H2,1-4H3. The lowest BCUT2D eigenvalue weighted by Gasteiger charge is -2.31. The molecule has 3 rings (SSSR count). The zero-order valence-electron chi connectivity index (χ0n) is 17.2. The lowest BCUT2D eigenvalue weighted by atomic mass is 10.1. The van der Waals surface area contributed by atoms with Gasteiger partial charge in [0.05, 0.1) is 32.5 Å². The van der Waals surface area contributed by atoms with Gasteiger partial charge in [-0.2, -0.15) is 13.2 Å². The minimum atomic E-state index is -4.51. The number of ether oxygens (including phenoxy) is 3. The Hall–Kier alpha value is -2.90. The molecule has 0 N–H and O–H groups in total. The van der Waals surface area contributed by atoms with E-state index in [1.165, 1.54) is 50.5 Å². The first-order chi connectivity index (χ1) is 14.2. The molecule has 1 saturated carbocycles. The molecule has 2 aromatic carbocycles. The van der Waals surface area contributed by atoms with Crippen LogP contribution in [-0.2, 0) is 6.18 Å². The average molecular weight is 423 g/mol. The molecule has 1 aliphatic carbocycles. The van der Waals surface area contributed by atoms with Gasteiger partial charge in [-0.15, -0.1) is 0 Å². The summed E-state index contributed by atoms with van der Waals surface area (Å²) in [6, 6.07) is 7.55. The SMILES string of the molecule is COc1cc(OC)c(C(=O)N(c2cccc(C(F)(F)F)c2)C(C)C2CC2)cc1OC. The third kappa shape index (κ3) is 4.32. The second kappa shape index (κ2) is 8.45. The Balaban J connectivity index is 2.11. The van der Waals surface area contributed by atoms with Gasteiger partial charge in [0.2, 0.25) is 0 Å². The molecule has 8 heteroatoms. The maximum Gasteiger partial charge on any atom is 0.416 e. The fraction of sp³-hybridized carbons (Fsp3) is 0.409. The molecule has 0 heterocycles. The third-order valence-electron chi connectivity index (χ3n) is 5.32. The summed E-state index contributed by atoms with van der Waals surface area (Å²) in [4.78, 5) is 15.0. The Bertz CT molecular complexity index is 925. The molecule has 162 valence electrons. The summed E-state index contributed by atoms with van der Waals surface area (Å²) in [7, 11) is 4.32. The van der Waals surface area contributed by atoms with Crippen LogP contribution in [0.2, 0.25) is 0 Å². The van der Waals surface area contributed by atoms with E-state index >= 15 is 0 Å². The topological polar surface area (TPSA) is 48.0 Å². The van der Waals surface area contributed by atoms with Crippen molar-refractivity contribution in [2.75, 3.05) is 26.2 Å². The van der Waals surface area contributed by atoms with Gasteiger partial charge in [-0.25, -0.2) is 0 Å². The monoisotopic (exact) mass is 423 g/mol. The van der Waals surface area contributed by atoms with Crippen LogP contribution in [0.5, 0.6) is 17.2 Å². The van der Waals surface area contributed by atoms with Gasteiger partial charge in [0, 0.05) is 23.9 Å². The fourth-order valence-corrected chi connectivity index (χ4v) is 3.48. The average Bonchev–Trinajstić information content (AvgIpc) is 3.57. The number of alkyl halides is 3. The summed E-state index contributed by atoms with van der Waals surface area (Å²) in [6.07, 6.45) is -2.66. The van der Waals surface area contributed by atoms with Crippen molar-refractivity contribution in [3.05, 3.63) is 47.5 Å². The first-order valence-corrected chi connectivity index (χ1v) is 9.52. The molecule has 0 bridgehead atoms. The van der Waals surface area contributed by atoms with Crippen molar-refractivity contribution in [2.24, 2.45) is 5.92 Å². The second-order valence-corrected chi connectivity index (χ2v) is 7.21. The maximum atomic E-state index is 13.6. The van der Waals surface area contributed by atoms with E-state index in [-0.39, 0.29) is 29.0 Å². The van der Waals surface area contributed by atoms with Gasteiger partial charge in [0.25, 0.3) is 5.91 Å². The van der Waals surface area contributed by atoms with Gasteiger partial charge >= 0.3 is 6.18 Å². The fourth-order valence-electron chi connectivity index (χ4n) is 3.48. The summed E-state index contributed by atoms with van der Waals surface area (Å²) in [6.45, 7) is 1.85. The van der Waals surface area contributed by atoms with Crippen LogP contribution in [0.1, 0.15) is 35.7 Å². The van der Waals surface area contributed by atoms with Crippen molar-refractivity contribution in [3.63, 3.8) is 0 Å². The van der Waals surface area contributed by atoms with Crippen molar-refractivity contribution in [3.8, 4) is 17.2 Å². The number of carbonyl (C=O) groups is 1. The molecule has 1 fully saturated rings. The van der Waals surface area contributed by atoms with Gasteiger partial charge in [-0.1, -0.05) is 6.07 Å². The quantitative estimate of drug-likeness (QED) is 0.616. The Morgan fingerprint density at radius 3 is 2.13 bits per heavy atom. The molecule has 30 heavy (non-hydrogen) atoms. The Morgan fingerprint density at radius 2 is 1.60 bits per heavy atom. The molecule has 0 aliphatic heterocycles. The molecule has 1 atom stereocenters. The van der Waals surface area contributed by atoms with Crippen molar-refractivity contribution in [1.29, 1.82) is 0 Å². The third-order valence-corrected chi connectivity index (χ3v) is 5.32. The largest absolute Gasteiger partial charge is 0.496 e. The molecular weight excluding hydrogens is 399 g/mol. The van der Waals surface area contributed by atoms with Crippen LogP contribution >= 0.6 is 0 Å². The summed E-state index contributed by atoms with van der Waals surface area (Å²) in [5.41, 5.74) is -0.439. The van der Waals surface area contributed by atoms with Crippen LogP contribution in [0.15, 0.2) is 36.4 Å². The van der Waals surface area contributed by atoms with Gasteiger partial charge in [-0.3, -0.25) is 4.79 Å². The van der Waals surface area contributed by atoms with Gasteiger partial charge < -0.3 is 19.1 Å². The number of anilines is 1. The highest BCUT2D eigenvalue weighted by atomic mass is 19.4. The van der Waals surface area contributed by atoms with Gasteiger partial charge in [-0.05, 0) is 43.9 Å². The molecule has 0 radical (unpaired) electrons. The summed E-state index contributed by atoms with van der Waals surface area (Å²) < 4.78 is 55.7. The van der Waals surface area contributed by atoms with Gasteiger partial charge in [0.15, 0.2) is 11.5 Å². The molecule has 0 spiro atoms. The molecule has 0 aromatic heterocycles. The van der Waals surface area contributed by atoms with E-state index in [0.29, 0.717) is 11.5 Å². The number of amides is 1. The maximum absolute atomic E-state index is 13.6. The zero-order chi connectivity index (χ0) is 22.1. The Labute approximate surface area is 173 Å². The van der Waals surface area contributed by atoms with Crippen LogP contribution in [0, 0.1) is 5.92 Å². The Morgan fingerprint density at radius 1 is 1.00 bits per heavy atom. The molecule has 1 unspecified atom stereocenters. The van der Waals surface area contributed by atoms with E-state index in [1.807, 2.05) is 6.92 Å². The van der Waals surface area contributed by atoms with E-state index in [2.05, 4.69) is 0 Å². The van der Waals surface area contributed by atoms with Crippen LogP contribution in [-0.4, -0.2) is 33.3 Å². The highest BCUT2D eigenvalue weighted by Gasteiger charge is 2.38. The van der Waals surface area contributed by atoms with E-state index in [1.54, 1.807) is 0 Å². The highest BCUT2D eigenvalue weighted by Crippen LogP contribution is 2.41. The normalized spacial score (nSPS) is 14.8. The molecule has 5 nitrogen and oxygen atoms in total. The van der Waals surface area contributed by atoms with Crippen LogP contribution in [0.25, 0.3) is 0 Å². The molecule has 2 aromatic rings. The summed E-state index contributed by atoms with van der Waals surface area (Å²) >= 11 is 0. The van der Waals surface area contributed by atoms with Crippen molar-refractivity contribution < 1.29 is 32.2 Å². The molecule has 1 amide bonds. The van der Waals surface area contributed by atoms with Crippen molar-refractivity contribution >= 4 is 11.6 Å². The zero-order valence-corrected chi connectivity index (χ0v) is 17.2. The predicted octanol–water partition coefficient (Wildman–Crippen LogP) is 5.18. The van der Waals surface area contributed by atoms with E-state index in [4.69, 9.17) is 14.2 Å². The Kier molecular flexibility index (Phi) is 6.14. The lowest BCUT2D eigenvalue weighted by molar-refractivity contribution is -0.137. The predicted molar refractivity (Wildman–Crippen MR) is 107 cm³/mol. The minimum Gasteiger partial charge on any atom is -0.496 e.